The second-order valence-electron chi connectivity index (χ2n) is 3.68. The molecule has 2 aromatic rings. The van der Waals surface area contributed by atoms with Gasteiger partial charge in [-0.15, -0.1) is 11.3 Å². The van der Waals surface area contributed by atoms with Crippen LogP contribution in [0.3, 0.4) is 0 Å². The van der Waals surface area contributed by atoms with Crippen LogP contribution in [-0.4, -0.2) is 21.6 Å². The Morgan fingerprint density at radius 2 is 2.47 bits per heavy atom. The van der Waals surface area contributed by atoms with Gasteiger partial charge in [0, 0.05) is 6.20 Å². The lowest BCUT2D eigenvalue weighted by Crippen LogP contribution is -2.16. The Morgan fingerprint density at radius 1 is 1.68 bits per heavy atom. The minimum Gasteiger partial charge on any atom is -0.380 e. The quantitative estimate of drug-likeness (QED) is 0.398. The van der Waals surface area contributed by atoms with E-state index in [0.717, 1.165) is 15.0 Å². The van der Waals surface area contributed by atoms with Crippen LogP contribution in [0, 0.1) is 6.92 Å². The Hall–Kier alpha value is -1.67. The lowest BCUT2D eigenvalue weighted by Gasteiger charge is -1.99. The van der Waals surface area contributed by atoms with Crippen molar-refractivity contribution in [3.05, 3.63) is 38.8 Å². The van der Waals surface area contributed by atoms with Gasteiger partial charge in [-0.05, 0) is 34.3 Å². The van der Waals surface area contributed by atoms with E-state index in [0.29, 0.717) is 0 Å². The molecule has 8 heteroatoms. The molecule has 0 aromatic carbocycles. The van der Waals surface area contributed by atoms with Crippen molar-refractivity contribution in [3.63, 3.8) is 0 Å². The molecule has 19 heavy (non-hydrogen) atoms. The van der Waals surface area contributed by atoms with Crippen LogP contribution in [0.5, 0.6) is 0 Å². The van der Waals surface area contributed by atoms with E-state index in [1.807, 2.05) is 18.4 Å². The van der Waals surface area contributed by atoms with Gasteiger partial charge in [0.05, 0.1) is 15.0 Å². The maximum absolute atomic E-state index is 11.5. The molecule has 100 valence electrons. The standard InChI is InChI=1S/C11H11BrN4O2S/c1-7-8(12)5-16(14-7)6-10(17)18-15-11(13)9-3-2-4-19-9/h2-5H,6H2,1H3,(H2,13,15). The largest absolute Gasteiger partial charge is 0.380 e. The Kier molecular flexibility index (Phi) is 4.33. The average Bonchev–Trinajstić information content (AvgIpc) is 2.98. The molecule has 0 aliphatic rings. The Morgan fingerprint density at radius 3 is 3.05 bits per heavy atom. The van der Waals surface area contributed by atoms with Crippen LogP contribution < -0.4 is 5.73 Å². The third-order valence-electron chi connectivity index (χ3n) is 2.20. The van der Waals surface area contributed by atoms with Gasteiger partial charge in [-0.2, -0.15) is 5.10 Å². The van der Waals surface area contributed by atoms with Crippen molar-refractivity contribution in [2.75, 3.05) is 0 Å². The third kappa shape index (κ3) is 3.65. The van der Waals surface area contributed by atoms with Gasteiger partial charge >= 0.3 is 5.97 Å². The highest BCUT2D eigenvalue weighted by atomic mass is 79.9. The van der Waals surface area contributed by atoms with Crippen LogP contribution in [-0.2, 0) is 16.2 Å². The normalized spacial score (nSPS) is 11.6. The number of amidine groups is 1. The summed E-state index contributed by atoms with van der Waals surface area (Å²) in [5.74, 6) is -0.351. The highest BCUT2D eigenvalue weighted by molar-refractivity contribution is 9.10. The van der Waals surface area contributed by atoms with Crippen molar-refractivity contribution in [1.82, 2.24) is 9.78 Å². The van der Waals surface area contributed by atoms with Crippen LogP contribution in [0.15, 0.2) is 33.3 Å². The number of oxime groups is 1. The van der Waals surface area contributed by atoms with Crippen molar-refractivity contribution in [1.29, 1.82) is 0 Å². The first-order valence-electron chi connectivity index (χ1n) is 5.33. The molecule has 0 unspecified atom stereocenters. The first-order chi connectivity index (χ1) is 9.06. The van der Waals surface area contributed by atoms with Gasteiger partial charge in [-0.25, -0.2) is 4.79 Å². The van der Waals surface area contributed by atoms with Crippen LogP contribution in [0.4, 0.5) is 0 Å². The number of aryl methyl sites for hydroxylation is 1. The van der Waals surface area contributed by atoms with Crippen molar-refractivity contribution in [2.45, 2.75) is 13.5 Å². The van der Waals surface area contributed by atoms with Gasteiger partial charge in [-0.3, -0.25) is 4.68 Å². The Balaban J connectivity index is 1.93. The number of carbonyl (C=O) groups excluding carboxylic acids is 1. The molecule has 2 aromatic heterocycles. The van der Waals surface area contributed by atoms with Crippen molar-refractivity contribution >= 4 is 39.1 Å². The Bertz CT molecular complexity index is 587. The average molecular weight is 343 g/mol. The van der Waals surface area contributed by atoms with Crippen LogP contribution in [0.2, 0.25) is 0 Å². The van der Waals surface area contributed by atoms with E-state index in [1.54, 1.807) is 12.3 Å². The minimum atomic E-state index is -0.533. The summed E-state index contributed by atoms with van der Waals surface area (Å²) in [6, 6.07) is 3.64. The summed E-state index contributed by atoms with van der Waals surface area (Å²) in [4.78, 5) is 17.0. The summed E-state index contributed by atoms with van der Waals surface area (Å²) in [6.45, 7) is 1.81. The maximum Gasteiger partial charge on any atom is 0.356 e. The van der Waals surface area contributed by atoms with Gasteiger partial charge in [0.1, 0.15) is 6.54 Å². The van der Waals surface area contributed by atoms with E-state index < -0.39 is 5.97 Å². The zero-order valence-electron chi connectivity index (χ0n) is 10.0. The fraction of sp³-hybridized carbons (Fsp3) is 0.182. The molecule has 0 aliphatic heterocycles. The topological polar surface area (TPSA) is 82.5 Å². The number of hydrogen-bond donors (Lipinski definition) is 1. The number of halogens is 1. The number of thiophene rings is 1. The first-order valence-corrected chi connectivity index (χ1v) is 7.00. The molecule has 0 bridgehead atoms. The summed E-state index contributed by atoms with van der Waals surface area (Å²) >= 11 is 4.73. The van der Waals surface area contributed by atoms with E-state index in [2.05, 4.69) is 26.2 Å². The summed E-state index contributed by atoms with van der Waals surface area (Å²) < 4.78 is 2.31. The number of hydrogen-bond acceptors (Lipinski definition) is 5. The summed E-state index contributed by atoms with van der Waals surface area (Å²) in [5.41, 5.74) is 6.46. The molecule has 2 rings (SSSR count). The molecule has 0 amide bonds. The Labute approximate surface area is 122 Å². The molecule has 0 aliphatic carbocycles. The van der Waals surface area contributed by atoms with Gasteiger partial charge in [0.25, 0.3) is 0 Å². The predicted octanol–water partition coefficient (Wildman–Crippen LogP) is 1.88. The molecular weight excluding hydrogens is 332 g/mol. The van der Waals surface area contributed by atoms with E-state index in [4.69, 9.17) is 10.6 Å². The van der Waals surface area contributed by atoms with E-state index in [-0.39, 0.29) is 12.4 Å². The smallest absolute Gasteiger partial charge is 0.356 e. The van der Waals surface area contributed by atoms with Crippen molar-refractivity contribution < 1.29 is 9.63 Å². The molecule has 0 fully saturated rings. The fourth-order valence-corrected chi connectivity index (χ4v) is 2.24. The minimum absolute atomic E-state index is 0.0202. The molecule has 0 saturated heterocycles. The molecule has 6 nitrogen and oxygen atoms in total. The second kappa shape index (κ2) is 5.98. The van der Waals surface area contributed by atoms with E-state index >= 15 is 0 Å². The lowest BCUT2D eigenvalue weighted by atomic mass is 10.4. The molecule has 0 radical (unpaired) electrons. The lowest BCUT2D eigenvalue weighted by molar-refractivity contribution is -0.144. The predicted molar refractivity (Wildman–Crippen MR) is 75.8 cm³/mol. The zero-order chi connectivity index (χ0) is 13.8. The highest BCUT2D eigenvalue weighted by Gasteiger charge is 2.08. The SMILES string of the molecule is Cc1nn(CC(=O)O/N=C(\N)c2cccs2)cc1Br. The molecule has 0 atom stereocenters. The molecule has 2 heterocycles. The third-order valence-corrected chi connectivity index (χ3v) is 3.87. The second-order valence-corrected chi connectivity index (χ2v) is 5.48. The van der Waals surface area contributed by atoms with Crippen molar-refractivity contribution in [3.8, 4) is 0 Å². The zero-order valence-corrected chi connectivity index (χ0v) is 12.4. The monoisotopic (exact) mass is 342 g/mol. The maximum atomic E-state index is 11.5. The van der Waals surface area contributed by atoms with Crippen LogP contribution >= 0.6 is 27.3 Å². The number of rotatable bonds is 4. The molecule has 0 saturated carbocycles. The number of carbonyl (C=O) groups is 1. The van der Waals surface area contributed by atoms with Crippen molar-refractivity contribution in [2.24, 2.45) is 10.9 Å². The summed E-state index contributed by atoms with van der Waals surface area (Å²) in [5, 5.41) is 9.58. The first kappa shape index (κ1) is 13.8. The summed E-state index contributed by atoms with van der Waals surface area (Å²) in [6.07, 6.45) is 1.70. The molecule has 2 N–H and O–H groups in total. The van der Waals surface area contributed by atoms with Gasteiger partial charge in [-0.1, -0.05) is 11.2 Å². The van der Waals surface area contributed by atoms with Gasteiger partial charge in [0.2, 0.25) is 0 Å². The molecule has 0 spiro atoms. The number of nitrogens with two attached hydrogens (primary N) is 1. The molecular formula is C11H11BrN4O2S. The fourth-order valence-electron chi connectivity index (χ4n) is 1.31. The highest BCUT2D eigenvalue weighted by Crippen LogP contribution is 2.13. The van der Waals surface area contributed by atoms with Gasteiger partial charge < -0.3 is 10.6 Å². The number of aromatic nitrogens is 2. The van der Waals surface area contributed by atoms with Crippen LogP contribution in [0.1, 0.15) is 10.6 Å². The van der Waals surface area contributed by atoms with E-state index in [1.165, 1.54) is 16.0 Å². The van der Waals surface area contributed by atoms with Crippen LogP contribution in [0.25, 0.3) is 0 Å². The van der Waals surface area contributed by atoms with Gasteiger partial charge in [0.15, 0.2) is 5.84 Å². The number of nitrogens with zero attached hydrogens (tertiary/aromatic N) is 3. The van der Waals surface area contributed by atoms with E-state index in [9.17, 15) is 4.79 Å². The summed E-state index contributed by atoms with van der Waals surface area (Å²) in [7, 11) is 0.